The topological polar surface area (TPSA) is 69.6 Å². The first kappa shape index (κ1) is 13.9. The minimum atomic E-state index is -1.05. The van der Waals surface area contributed by atoms with E-state index in [2.05, 4.69) is 17.4 Å². The van der Waals surface area contributed by atoms with Crippen molar-refractivity contribution in [3.8, 4) is 5.75 Å². The fraction of sp³-hybridized carbons (Fsp3) is 0.188. The number of benzene rings is 2. The standard InChI is InChI=1S/C16H17NO3/c18-13-8-9-15(14(11-13)16(19)20)17-10-4-7-12-5-2-1-3-6-12/h1-3,5-6,8-9,11,17-18H,4,7,10H2,(H,19,20). The van der Waals surface area contributed by atoms with Crippen LogP contribution in [-0.4, -0.2) is 22.7 Å². The number of anilines is 1. The van der Waals surface area contributed by atoms with E-state index >= 15 is 0 Å². The largest absolute Gasteiger partial charge is 0.508 e. The van der Waals surface area contributed by atoms with E-state index in [-0.39, 0.29) is 11.3 Å². The second-order valence-corrected chi connectivity index (χ2v) is 4.55. The lowest BCUT2D eigenvalue weighted by molar-refractivity contribution is 0.0697. The number of phenolic OH excluding ortho intramolecular Hbond substituents is 1. The Morgan fingerprint density at radius 1 is 1.10 bits per heavy atom. The van der Waals surface area contributed by atoms with Crippen LogP contribution in [0.3, 0.4) is 0 Å². The van der Waals surface area contributed by atoms with Crippen LogP contribution in [0, 0.1) is 0 Å². The lowest BCUT2D eigenvalue weighted by Gasteiger charge is -2.10. The van der Waals surface area contributed by atoms with E-state index in [1.165, 1.54) is 17.7 Å². The summed E-state index contributed by atoms with van der Waals surface area (Å²) in [5, 5.41) is 21.5. The molecule has 0 unspecified atom stereocenters. The van der Waals surface area contributed by atoms with Crippen LogP contribution in [0.1, 0.15) is 22.3 Å². The summed E-state index contributed by atoms with van der Waals surface area (Å²) in [5.41, 5.74) is 1.88. The summed E-state index contributed by atoms with van der Waals surface area (Å²) >= 11 is 0. The van der Waals surface area contributed by atoms with Gasteiger partial charge in [-0.25, -0.2) is 4.79 Å². The molecule has 0 heterocycles. The van der Waals surface area contributed by atoms with Crippen molar-refractivity contribution < 1.29 is 15.0 Å². The summed E-state index contributed by atoms with van der Waals surface area (Å²) in [5.74, 6) is -1.09. The maximum Gasteiger partial charge on any atom is 0.337 e. The van der Waals surface area contributed by atoms with E-state index < -0.39 is 5.97 Å². The van der Waals surface area contributed by atoms with E-state index in [1.807, 2.05) is 18.2 Å². The number of carboxylic acid groups (broad SMARTS) is 1. The highest BCUT2D eigenvalue weighted by atomic mass is 16.4. The molecule has 104 valence electrons. The number of aromatic carboxylic acids is 1. The minimum absolute atomic E-state index is 0.0442. The zero-order valence-corrected chi connectivity index (χ0v) is 11.0. The highest BCUT2D eigenvalue weighted by molar-refractivity contribution is 5.94. The molecule has 0 aliphatic carbocycles. The first-order chi connectivity index (χ1) is 9.66. The number of hydrogen-bond acceptors (Lipinski definition) is 3. The second kappa shape index (κ2) is 6.61. The molecule has 4 nitrogen and oxygen atoms in total. The molecule has 0 bridgehead atoms. The van der Waals surface area contributed by atoms with Gasteiger partial charge in [-0.15, -0.1) is 0 Å². The Kier molecular flexibility index (Phi) is 4.60. The van der Waals surface area contributed by atoms with Gasteiger partial charge in [0.1, 0.15) is 5.75 Å². The van der Waals surface area contributed by atoms with Crippen LogP contribution in [0.4, 0.5) is 5.69 Å². The molecular weight excluding hydrogens is 254 g/mol. The van der Waals surface area contributed by atoms with Gasteiger partial charge < -0.3 is 15.5 Å². The fourth-order valence-electron chi connectivity index (χ4n) is 2.02. The van der Waals surface area contributed by atoms with Crippen molar-refractivity contribution in [2.24, 2.45) is 0 Å². The van der Waals surface area contributed by atoms with Gasteiger partial charge in [0.25, 0.3) is 0 Å². The van der Waals surface area contributed by atoms with Crippen molar-refractivity contribution in [1.29, 1.82) is 0 Å². The maximum atomic E-state index is 11.1. The number of hydrogen-bond donors (Lipinski definition) is 3. The molecular formula is C16H17NO3. The van der Waals surface area contributed by atoms with E-state index in [1.54, 1.807) is 6.07 Å². The number of nitrogens with one attached hydrogen (secondary N) is 1. The van der Waals surface area contributed by atoms with Crippen molar-refractivity contribution in [3.05, 3.63) is 59.7 Å². The summed E-state index contributed by atoms with van der Waals surface area (Å²) < 4.78 is 0. The van der Waals surface area contributed by atoms with Crippen LogP contribution in [-0.2, 0) is 6.42 Å². The van der Waals surface area contributed by atoms with E-state index in [9.17, 15) is 9.90 Å². The van der Waals surface area contributed by atoms with Gasteiger partial charge in [-0.05, 0) is 36.6 Å². The van der Waals surface area contributed by atoms with Gasteiger partial charge in [0.05, 0.1) is 5.56 Å². The lowest BCUT2D eigenvalue weighted by Crippen LogP contribution is -2.08. The number of carbonyl (C=O) groups is 1. The van der Waals surface area contributed by atoms with Crippen LogP contribution < -0.4 is 5.32 Å². The molecule has 20 heavy (non-hydrogen) atoms. The first-order valence-corrected chi connectivity index (χ1v) is 6.51. The molecule has 0 fully saturated rings. The monoisotopic (exact) mass is 271 g/mol. The molecule has 2 aromatic rings. The third kappa shape index (κ3) is 3.75. The zero-order valence-electron chi connectivity index (χ0n) is 11.0. The molecule has 0 saturated heterocycles. The molecule has 3 N–H and O–H groups in total. The Hall–Kier alpha value is -2.49. The summed E-state index contributed by atoms with van der Waals surface area (Å²) in [6.07, 6.45) is 1.85. The normalized spacial score (nSPS) is 10.2. The molecule has 0 aliphatic heterocycles. The molecule has 4 heteroatoms. The lowest BCUT2D eigenvalue weighted by atomic mass is 10.1. The van der Waals surface area contributed by atoms with Crippen molar-refractivity contribution in [2.45, 2.75) is 12.8 Å². The summed E-state index contributed by atoms with van der Waals surface area (Å²) in [4.78, 5) is 11.1. The van der Waals surface area contributed by atoms with Crippen LogP contribution in [0.25, 0.3) is 0 Å². The van der Waals surface area contributed by atoms with Crippen molar-refractivity contribution in [1.82, 2.24) is 0 Å². The number of aryl methyl sites for hydroxylation is 1. The predicted octanol–water partition coefficient (Wildman–Crippen LogP) is 3.14. The Morgan fingerprint density at radius 2 is 1.85 bits per heavy atom. The highest BCUT2D eigenvalue weighted by Crippen LogP contribution is 2.21. The molecule has 0 atom stereocenters. The van der Waals surface area contributed by atoms with Gasteiger partial charge in [0.2, 0.25) is 0 Å². The van der Waals surface area contributed by atoms with E-state index in [0.717, 1.165) is 12.8 Å². The quantitative estimate of drug-likeness (QED) is 0.557. The summed E-state index contributed by atoms with van der Waals surface area (Å²) in [7, 11) is 0. The van der Waals surface area contributed by atoms with Crippen molar-refractivity contribution in [2.75, 3.05) is 11.9 Å². The average molecular weight is 271 g/mol. The Balaban J connectivity index is 1.90. The van der Waals surface area contributed by atoms with Gasteiger partial charge >= 0.3 is 5.97 Å². The van der Waals surface area contributed by atoms with E-state index in [4.69, 9.17) is 5.11 Å². The van der Waals surface area contributed by atoms with Crippen molar-refractivity contribution >= 4 is 11.7 Å². The molecule has 0 amide bonds. The van der Waals surface area contributed by atoms with E-state index in [0.29, 0.717) is 12.2 Å². The predicted molar refractivity (Wildman–Crippen MR) is 78.3 cm³/mol. The third-order valence-corrected chi connectivity index (χ3v) is 3.03. The first-order valence-electron chi connectivity index (χ1n) is 6.51. The van der Waals surface area contributed by atoms with Gasteiger partial charge in [-0.3, -0.25) is 0 Å². The Bertz CT molecular complexity index is 582. The Morgan fingerprint density at radius 3 is 2.55 bits per heavy atom. The van der Waals surface area contributed by atoms with Gasteiger partial charge in [0.15, 0.2) is 0 Å². The van der Waals surface area contributed by atoms with Crippen LogP contribution >= 0.6 is 0 Å². The molecule has 2 rings (SSSR count). The number of aromatic hydroxyl groups is 1. The van der Waals surface area contributed by atoms with Gasteiger partial charge in [-0.2, -0.15) is 0 Å². The number of phenols is 1. The fourth-order valence-corrected chi connectivity index (χ4v) is 2.02. The van der Waals surface area contributed by atoms with Crippen LogP contribution in [0.15, 0.2) is 48.5 Å². The minimum Gasteiger partial charge on any atom is -0.508 e. The molecule has 0 radical (unpaired) electrons. The molecule has 2 aromatic carbocycles. The molecule has 0 aromatic heterocycles. The maximum absolute atomic E-state index is 11.1. The second-order valence-electron chi connectivity index (χ2n) is 4.55. The average Bonchev–Trinajstić information content (AvgIpc) is 2.45. The summed E-state index contributed by atoms with van der Waals surface area (Å²) in [6.45, 7) is 0.681. The zero-order chi connectivity index (χ0) is 14.4. The molecule has 0 spiro atoms. The van der Waals surface area contributed by atoms with Crippen molar-refractivity contribution in [3.63, 3.8) is 0 Å². The SMILES string of the molecule is O=C(O)c1cc(O)ccc1NCCCc1ccccc1. The number of rotatable bonds is 6. The third-order valence-electron chi connectivity index (χ3n) is 3.03. The Labute approximate surface area is 117 Å². The van der Waals surface area contributed by atoms with Gasteiger partial charge in [0, 0.05) is 12.2 Å². The smallest absolute Gasteiger partial charge is 0.337 e. The molecule has 0 aliphatic rings. The van der Waals surface area contributed by atoms with Crippen LogP contribution in [0.5, 0.6) is 5.75 Å². The highest BCUT2D eigenvalue weighted by Gasteiger charge is 2.10. The summed E-state index contributed by atoms with van der Waals surface area (Å²) in [6, 6.07) is 14.5. The van der Waals surface area contributed by atoms with Crippen LogP contribution in [0.2, 0.25) is 0 Å². The van der Waals surface area contributed by atoms with Gasteiger partial charge in [-0.1, -0.05) is 30.3 Å². The number of carboxylic acids is 1. The molecule has 0 saturated carbocycles.